The third-order valence-electron chi connectivity index (χ3n) is 3.45. The van der Waals surface area contributed by atoms with Crippen LogP contribution < -0.4 is 5.32 Å². The smallest absolute Gasteiger partial charge is 0.291 e. The summed E-state index contributed by atoms with van der Waals surface area (Å²) in [6, 6.07) is 11.5. The average molecular weight is 348 g/mol. The zero-order valence-corrected chi connectivity index (χ0v) is 13.3. The van der Waals surface area contributed by atoms with E-state index in [2.05, 4.69) is 5.32 Å². The number of nitrogens with one attached hydrogen (secondary N) is 1. The van der Waals surface area contributed by atoms with Crippen LogP contribution in [-0.4, -0.2) is 5.91 Å². The van der Waals surface area contributed by atoms with Gasteiger partial charge in [-0.05, 0) is 61.0 Å². The molecule has 0 atom stereocenters. The zero-order valence-electron chi connectivity index (χ0n) is 12.6. The topological polar surface area (TPSA) is 42.2 Å². The molecule has 1 N–H and O–H groups in total. The molecule has 0 saturated heterocycles. The van der Waals surface area contributed by atoms with Crippen LogP contribution in [0.25, 0.3) is 11.3 Å². The third-order valence-corrected chi connectivity index (χ3v) is 3.74. The van der Waals surface area contributed by atoms with E-state index in [4.69, 9.17) is 16.0 Å². The first-order valence-electron chi connectivity index (χ1n) is 7.07. The van der Waals surface area contributed by atoms with Crippen LogP contribution in [0.1, 0.15) is 16.1 Å². The standard InChI is InChI=1S/C18H12ClF2NO2/c1-10-8-12(3-5-14(10)20)22-18(23)17-7-6-16(24-17)11-2-4-15(21)13(19)9-11/h2-9H,1H3,(H,22,23). The van der Waals surface area contributed by atoms with Crippen LogP contribution in [0.3, 0.4) is 0 Å². The summed E-state index contributed by atoms with van der Waals surface area (Å²) in [6.45, 7) is 1.61. The van der Waals surface area contributed by atoms with E-state index in [-0.39, 0.29) is 16.6 Å². The van der Waals surface area contributed by atoms with Gasteiger partial charge in [0.2, 0.25) is 0 Å². The van der Waals surface area contributed by atoms with Crippen molar-refractivity contribution in [3.63, 3.8) is 0 Å². The minimum atomic E-state index is -0.531. The molecule has 122 valence electrons. The summed E-state index contributed by atoms with van der Waals surface area (Å²) in [6.07, 6.45) is 0. The van der Waals surface area contributed by atoms with Crippen molar-refractivity contribution < 1.29 is 18.0 Å². The number of amides is 1. The van der Waals surface area contributed by atoms with E-state index >= 15 is 0 Å². The highest BCUT2D eigenvalue weighted by molar-refractivity contribution is 6.31. The molecule has 0 bridgehead atoms. The summed E-state index contributed by atoms with van der Waals surface area (Å²) < 4.78 is 31.9. The van der Waals surface area contributed by atoms with E-state index in [0.717, 1.165) is 0 Å². The summed E-state index contributed by atoms with van der Waals surface area (Å²) in [5.74, 6) is -0.886. The molecule has 0 fully saturated rings. The first-order chi connectivity index (χ1) is 11.4. The molecule has 6 heteroatoms. The Labute approximate surface area is 141 Å². The van der Waals surface area contributed by atoms with Gasteiger partial charge in [0.15, 0.2) is 5.76 Å². The predicted molar refractivity (Wildman–Crippen MR) is 88.2 cm³/mol. The Bertz CT molecular complexity index is 921. The van der Waals surface area contributed by atoms with Crippen molar-refractivity contribution >= 4 is 23.2 Å². The number of furan rings is 1. The highest BCUT2D eigenvalue weighted by atomic mass is 35.5. The lowest BCUT2D eigenvalue weighted by Crippen LogP contribution is -2.11. The van der Waals surface area contributed by atoms with Crippen LogP contribution in [-0.2, 0) is 0 Å². The zero-order chi connectivity index (χ0) is 17.3. The molecule has 2 aromatic carbocycles. The molecule has 0 aliphatic heterocycles. The van der Waals surface area contributed by atoms with E-state index in [1.54, 1.807) is 13.0 Å². The lowest BCUT2D eigenvalue weighted by molar-refractivity contribution is 0.0997. The van der Waals surface area contributed by atoms with Crippen molar-refractivity contribution in [2.45, 2.75) is 6.92 Å². The molecule has 0 aliphatic carbocycles. The van der Waals surface area contributed by atoms with Gasteiger partial charge in [-0.25, -0.2) is 8.78 Å². The lowest BCUT2D eigenvalue weighted by atomic mass is 10.2. The van der Waals surface area contributed by atoms with Crippen molar-refractivity contribution in [1.29, 1.82) is 0 Å². The van der Waals surface area contributed by atoms with Crippen LogP contribution in [0.15, 0.2) is 52.9 Å². The largest absolute Gasteiger partial charge is 0.451 e. The first kappa shape index (κ1) is 16.2. The van der Waals surface area contributed by atoms with Crippen molar-refractivity contribution in [1.82, 2.24) is 0 Å². The Morgan fingerprint density at radius 2 is 1.79 bits per heavy atom. The van der Waals surface area contributed by atoms with Gasteiger partial charge in [-0.15, -0.1) is 0 Å². The summed E-state index contributed by atoms with van der Waals surface area (Å²) in [5.41, 5.74) is 1.44. The highest BCUT2D eigenvalue weighted by Crippen LogP contribution is 2.27. The molecule has 3 rings (SSSR count). The molecule has 1 amide bonds. The van der Waals surface area contributed by atoms with Crippen LogP contribution in [0.4, 0.5) is 14.5 Å². The number of carbonyl (C=O) groups is 1. The minimum Gasteiger partial charge on any atom is -0.451 e. The SMILES string of the molecule is Cc1cc(NC(=O)c2ccc(-c3ccc(F)c(Cl)c3)o2)ccc1F. The second-order valence-corrected chi connectivity index (χ2v) is 5.62. The number of hydrogen-bond donors (Lipinski definition) is 1. The second-order valence-electron chi connectivity index (χ2n) is 5.21. The Hall–Kier alpha value is -2.66. The van der Waals surface area contributed by atoms with E-state index in [1.165, 1.54) is 42.5 Å². The van der Waals surface area contributed by atoms with Gasteiger partial charge in [0.05, 0.1) is 5.02 Å². The molecule has 0 unspecified atom stereocenters. The van der Waals surface area contributed by atoms with Gasteiger partial charge >= 0.3 is 0 Å². The predicted octanol–water partition coefficient (Wildman–Crippen LogP) is 5.44. The summed E-state index contributed by atoms with van der Waals surface area (Å²) in [5, 5.41) is 2.60. The van der Waals surface area contributed by atoms with Crippen LogP contribution >= 0.6 is 11.6 Å². The van der Waals surface area contributed by atoms with Crippen molar-refractivity contribution in [3.8, 4) is 11.3 Å². The number of hydrogen-bond acceptors (Lipinski definition) is 2. The Morgan fingerprint density at radius 1 is 1.04 bits per heavy atom. The normalized spacial score (nSPS) is 10.7. The minimum absolute atomic E-state index is 0.0308. The Morgan fingerprint density at radius 3 is 2.50 bits per heavy atom. The monoisotopic (exact) mass is 347 g/mol. The lowest BCUT2D eigenvalue weighted by Gasteiger charge is -2.05. The van der Waals surface area contributed by atoms with Gasteiger partial charge in [-0.1, -0.05) is 11.6 Å². The van der Waals surface area contributed by atoms with Gasteiger partial charge in [-0.3, -0.25) is 4.79 Å². The molecule has 0 saturated carbocycles. The van der Waals surface area contributed by atoms with E-state index < -0.39 is 11.7 Å². The van der Waals surface area contributed by atoms with E-state index in [1.807, 2.05) is 0 Å². The maximum absolute atomic E-state index is 13.2. The number of rotatable bonds is 3. The maximum atomic E-state index is 13.2. The van der Waals surface area contributed by atoms with Crippen LogP contribution in [0, 0.1) is 18.6 Å². The fourth-order valence-corrected chi connectivity index (χ4v) is 2.36. The summed E-state index contributed by atoms with van der Waals surface area (Å²) >= 11 is 5.74. The third kappa shape index (κ3) is 3.31. The molecule has 24 heavy (non-hydrogen) atoms. The molecule has 1 heterocycles. The average Bonchev–Trinajstić information content (AvgIpc) is 3.04. The van der Waals surface area contributed by atoms with Gasteiger partial charge in [0.25, 0.3) is 5.91 Å². The van der Waals surface area contributed by atoms with Crippen LogP contribution in [0.2, 0.25) is 5.02 Å². The Kier molecular flexibility index (Phi) is 4.36. The fourth-order valence-electron chi connectivity index (χ4n) is 2.18. The van der Waals surface area contributed by atoms with Crippen molar-refractivity contribution in [2.24, 2.45) is 0 Å². The summed E-state index contributed by atoms with van der Waals surface area (Å²) in [7, 11) is 0. The van der Waals surface area contributed by atoms with Gasteiger partial charge in [0, 0.05) is 11.3 Å². The number of anilines is 1. The quantitative estimate of drug-likeness (QED) is 0.685. The number of halogens is 3. The van der Waals surface area contributed by atoms with Gasteiger partial charge in [0.1, 0.15) is 17.4 Å². The molecule has 0 radical (unpaired) electrons. The van der Waals surface area contributed by atoms with E-state index in [0.29, 0.717) is 22.6 Å². The molecular formula is C18H12ClF2NO2. The molecule has 3 aromatic rings. The van der Waals surface area contributed by atoms with Gasteiger partial charge < -0.3 is 9.73 Å². The highest BCUT2D eigenvalue weighted by Gasteiger charge is 2.14. The molecule has 3 nitrogen and oxygen atoms in total. The van der Waals surface area contributed by atoms with Crippen molar-refractivity contribution in [3.05, 3.63) is 76.5 Å². The first-order valence-corrected chi connectivity index (χ1v) is 7.44. The molecular weight excluding hydrogens is 336 g/mol. The number of benzene rings is 2. The van der Waals surface area contributed by atoms with Crippen LogP contribution in [0.5, 0.6) is 0 Å². The number of carbonyl (C=O) groups excluding carboxylic acids is 1. The molecule has 0 spiro atoms. The summed E-state index contributed by atoms with van der Waals surface area (Å²) in [4.78, 5) is 12.2. The molecule has 1 aromatic heterocycles. The maximum Gasteiger partial charge on any atom is 0.291 e. The number of aryl methyl sites for hydroxylation is 1. The van der Waals surface area contributed by atoms with Crippen molar-refractivity contribution in [2.75, 3.05) is 5.32 Å². The Balaban J connectivity index is 1.80. The fraction of sp³-hybridized carbons (Fsp3) is 0.0556. The second kappa shape index (κ2) is 6.45. The van der Waals surface area contributed by atoms with E-state index in [9.17, 15) is 13.6 Å². The van der Waals surface area contributed by atoms with Gasteiger partial charge in [-0.2, -0.15) is 0 Å². The molecule has 0 aliphatic rings.